The summed E-state index contributed by atoms with van der Waals surface area (Å²) in [6, 6.07) is 4.08. The third kappa shape index (κ3) is 2.76. The largest absolute Gasteiger partial charge is 0.467 e. The fraction of sp³-hybridized carbons (Fsp3) is 0.364. The molecule has 0 aromatic heterocycles. The SMILES string of the molecule is CCc1cc(F)cc(C(O)C(=O)OC)c1. The molecule has 1 aromatic rings. The molecular formula is C11H13FO3. The second-order valence-electron chi connectivity index (χ2n) is 3.17. The monoisotopic (exact) mass is 212 g/mol. The second kappa shape index (κ2) is 4.89. The molecule has 4 heteroatoms. The van der Waals surface area contributed by atoms with Crippen LogP contribution < -0.4 is 0 Å². The van der Waals surface area contributed by atoms with Gasteiger partial charge in [0.25, 0.3) is 0 Å². The molecule has 0 spiro atoms. The van der Waals surface area contributed by atoms with Gasteiger partial charge in [-0.2, -0.15) is 0 Å². The van der Waals surface area contributed by atoms with Gasteiger partial charge in [0.2, 0.25) is 0 Å². The number of aliphatic hydroxyl groups excluding tert-OH is 1. The topological polar surface area (TPSA) is 46.5 Å². The minimum Gasteiger partial charge on any atom is -0.467 e. The van der Waals surface area contributed by atoms with E-state index in [4.69, 9.17) is 0 Å². The number of methoxy groups -OCH3 is 1. The lowest BCUT2D eigenvalue weighted by Crippen LogP contribution is -2.13. The number of hydrogen-bond donors (Lipinski definition) is 1. The molecule has 0 aliphatic carbocycles. The number of aryl methyl sites for hydroxylation is 1. The zero-order valence-electron chi connectivity index (χ0n) is 8.66. The van der Waals surface area contributed by atoms with Crippen LogP contribution in [0, 0.1) is 5.82 Å². The van der Waals surface area contributed by atoms with Crippen molar-refractivity contribution in [2.24, 2.45) is 0 Å². The van der Waals surface area contributed by atoms with E-state index in [1.807, 2.05) is 6.92 Å². The average Bonchev–Trinajstić information content (AvgIpc) is 2.26. The Balaban J connectivity index is 3.03. The summed E-state index contributed by atoms with van der Waals surface area (Å²) in [7, 11) is 1.17. The van der Waals surface area contributed by atoms with Crippen LogP contribution in [0.2, 0.25) is 0 Å². The van der Waals surface area contributed by atoms with Crippen molar-refractivity contribution in [3.05, 3.63) is 35.1 Å². The summed E-state index contributed by atoms with van der Waals surface area (Å²) in [6.07, 6.45) is -0.783. The normalized spacial score (nSPS) is 12.3. The number of ether oxygens (including phenoxy) is 1. The second-order valence-corrected chi connectivity index (χ2v) is 3.17. The van der Waals surface area contributed by atoms with E-state index in [0.29, 0.717) is 6.42 Å². The molecule has 82 valence electrons. The molecule has 0 saturated heterocycles. The summed E-state index contributed by atoms with van der Waals surface area (Å²) < 4.78 is 17.4. The number of hydrogen-bond acceptors (Lipinski definition) is 3. The van der Waals surface area contributed by atoms with E-state index in [9.17, 15) is 14.3 Å². The third-order valence-corrected chi connectivity index (χ3v) is 2.13. The molecule has 1 aromatic carbocycles. The quantitative estimate of drug-likeness (QED) is 0.774. The van der Waals surface area contributed by atoms with E-state index >= 15 is 0 Å². The maximum atomic E-state index is 13.1. The molecule has 0 saturated carbocycles. The van der Waals surface area contributed by atoms with Gasteiger partial charge in [0.1, 0.15) is 5.82 Å². The van der Waals surface area contributed by atoms with Crippen molar-refractivity contribution in [1.29, 1.82) is 0 Å². The van der Waals surface area contributed by atoms with Gasteiger partial charge in [-0.25, -0.2) is 9.18 Å². The van der Waals surface area contributed by atoms with Gasteiger partial charge in [0, 0.05) is 0 Å². The van der Waals surface area contributed by atoms with Gasteiger partial charge < -0.3 is 9.84 Å². The van der Waals surface area contributed by atoms with Crippen LogP contribution >= 0.6 is 0 Å². The molecule has 1 rings (SSSR count). The van der Waals surface area contributed by atoms with E-state index in [1.54, 1.807) is 6.07 Å². The molecule has 3 nitrogen and oxygen atoms in total. The maximum absolute atomic E-state index is 13.1. The van der Waals surface area contributed by atoms with Gasteiger partial charge in [-0.1, -0.05) is 13.0 Å². The first-order valence-electron chi connectivity index (χ1n) is 4.63. The van der Waals surface area contributed by atoms with Gasteiger partial charge in [-0.3, -0.25) is 0 Å². The number of esters is 1. The molecule has 0 heterocycles. The molecule has 0 radical (unpaired) electrons. The van der Waals surface area contributed by atoms with Gasteiger partial charge >= 0.3 is 5.97 Å². The van der Waals surface area contributed by atoms with Gasteiger partial charge in [0.05, 0.1) is 7.11 Å². The van der Waals surface area contributed by atoms with Crippen LogP contribution in [0.25, 0.3) is 0 Å². The van der Waals surface area contributed by atoms with Gasteiger partial charge in [-0.15, -0.1) is 0 Å². The number of carbonyl (C=O) groups is 1. The minimum atomic E-state index is -1.42. The predicted molar refractivity (Wildman–Crippen MR) is 52.8 cm³/mol. The van der Waals surface area contributed by atoms with E-state index in [2.05, 4.69) is 4.74 Å². The van der Waals surface area contributed by atoms with Crippen molar-refractivity contribution in [3.63, 3.8) is 0 Å². The first-order valence-corrected chi connectivity index (χ1v) is 4.63. The summed E-state index contributed by atoms with van der Waals surface area (Å²) in [5.41, 5.74) is 0.951. The lowest BCUT2D eigenvalue weighted by atomic mass is 10.0. The van der Waals surface area contributed by atoms with Crippen molar-refractivity contribution in [2.45, 2.75) is 19.4 Å². The third-order valence-electron chi connectivity index (χ3n) is 2.13. The lowest BCUT2D eigenvalue weighted by Gasteiger charge is -2.10. The molecule has 0 aliphatic rings. The summed E-state index contributed by atoms with van der Waals surface area (Å²) in [6.45, 7) is 1.86. The van der Waals surface area contributed by atoms with Crippen LogP contribution in [0.4, 0.5) is 4.39 Å². The highest BCUT2D eigenvalue weighted by Gasteiger charge is 2.18. The van der Waals surface area contributed by atoms with E-state index < -0.39 is 17.9 Å². The number of aliphatic hydroxyl groups is 1. The summed E-state index contributed by atoms with van der Waals surface area (Å²) in [5.74, 6) is -1.25. The highest BCUT2D eigenvalue weighted by molar-refractivity contribution is 5.76. The van der Waals surface area contributed by atoms with Crippen molar-refractivity contribution in [2.75, 3.05) is 7.11 Å². The fourth-order valence-electron chi connectivity index (χ4n) is 1.29. The Bertz CT molecular complexity index is 363. The Labute approximate surface area is 87.5 Å². The highest BCUT2D eigenvalue weighted by Crippen LogP contribution is 2.18. The molecule has 0 aliphatic heterocycles. The van der Waals surface area contributed by atoms with Gasteiger partial charge in [-0.05, 0) is 29.7 Å². The minimum absolute atomic E-state index is 0.221. The first kappa shape index (κ1) is 11.7. The van der Waals surface area contributed by atoms with Gasteiger partial charge in [0.15, 0.2) is 6.10 Å². The smallest absolute Gasteiger partial charge is 0.339 e. The summed E-state index contributed by atoms with van der Waals surface area (Å²) in [4.78, 5) is 11.0. The lowest BCUT2D eigenvalue weighted by molar-refractivity contribution is -0.150. The van der Waals surface area contributed by atoms with Crippen molar-refractivity contribution >= 4 is 5.97 Å². The van der Waals surface area contributed by atoms with Crippen molar-refractivity contribution < 1.29 is 19.0 Å². The van der Waals surface area contributed by atoms with Crippen LogP contribution in [-0.4, -0.2) is 18.2 Å². The Kier molecular flexibility index (Phi) is 3.80. The van der Waals surface area contributed by atoms with Crippen molar-refractivity contribution in [1.82, 2.24) is 0 Å². The van der Waals surface area contributed by atoms with Crippen LogP contribution in [0.1, 0.15) is 24.2 Å². The fourth-order valence-corrected chi connectivity index (χ4v) is 1.29. The number of carbonyl (C=O) groups excluding carboxylic acids is 1. The number of halogens is 1. The molecule has 0 amide bonds. The molecular weight excluding hydrogens is 199 g/mol. The summed E-state index contributed by atoms with van der Waals surface area (Å²) >= 11 is 0. The number of rotatable bonds is 3. The van der Waals surface area contributed by atoms with Crippen LogP contribution in [0.15, 0.2) is 18.2 Å². The zero-order chi connectivity index (χ0) is 11.4. The maximum Gasteiger partial charge on any atom is 0.339 e. The molecule has 0 fully saturated rings. The standard InChI is InChI=1S/C11H13FO3/c1-3-7-4-8(6-9(12)5-7)10(13)11(14)15-2/h4-6,10,13H,3H2,1-2H3. The Hall–Kier alpha value is -1.42. The van der Waals surface area contributed by atoms with E-state index in [-0.39, 0.29) is 5.56 Å². The Morgan fingerprint density at radius 2 is 2.20 bits per heavy atom. The first-order chi connectivity index (χ1) is 7.08. The number of benzene rings is 1. The molecule has 1 atom stereocenters. The Morgan fingerprint density at radius 3 is 2.73 bits per heavy atom. The molecule has 1 N–H and O–H groups in total. The van der Waals surface area contributed by atoms with E-state index in [1.165, 1.54) is 13.2 Å². The summed E-state index contributed by atoms with van der Waals surface area (Å²) in [5, 5.41) is 9.49. The molecule has 15 heavy (non-hydrogen) atoms. The predicted octanol–water partition coefficient (Wildman–Crippen LogP) is 1.59. The molecule has 0 bridgehead atoms. The van der Waals surface area contributed by atoms with Crippen LogP contribution in [0.5, 0.6) is 0 Å². The van der Waals surface area contributed by atoms with Crippen LogP contribution in [-0.2, 0) is 16.0 Å². The highest BCUT2D eigenvalue weighted by atomic mass is 19.1. The zero-order valence-corrected chi connectivity index (χ0v) is 8.66. The average molecular weight is 212 g/mol. The Morgan fingerprint density at radius 1 is 1.53 bits per heavy atom. The van der Waals surface area contributed by atoms with E-state index in [0.717, 1.165) is 11.6 Å². The van der Waals surface area contributed by atoms with Crippen molar-refractivity contribution in [3.8, 4) is 0 Å². The molecule has 1 unspecified atom stereocenters. The van der Waals surface area contributed by atoms with Crippen LogP contribution in [0.3, 0.4) is 0 Å².